The number of cyclic esters (lactones) is 1. The second-order valence-electron chi connectivity index (χ2n) is 4.13. The van der Waals surface area contributed by atoms with Gasteiger partial charge in [-0.1, -0.05) is 30.3 Å². The van der Waals surface area contributed by atoms with E-state index in [1.165, 1.54) is 11.0 Å². The zero-order valence-electron chi connectivity index (χ0n) is 10.2. The van der Waals surface area contributed by atoms with E-state index in [0.29, 0.717) is 6.42 Å². The van der Waals surface area contributed by atoms with Crippen LogP contribution in [0, 0.1) is 0 Å². The highest BCUT2D eigenvalue weighted by Crippen LogP contribution is 2.17. The normalized spacial score (nSPS) is 19.2. The largest absolute Gasteiger partial charge is 0.447 e. The fourth-order valence-corrected chi connectivity index (χ4v) is 2.27. The van der Waals surface area contributed by atoms with Crippen LogP contribution in [-0.2, 0) is 16.0 Å². The molecule has 0 aromatic heterocycles. The van der Waals surface area contributed by atoms with Crippen LogP contribution in [0.25, 0.3) is 0 Å². The Morgan fingerprint density at radius 3 is 2.83 bits per heavy atom. The first-order valence-corrected chi connectivity index (χ1v) is 7.04. The molecule has 1 fully saturated rings. The highest BCUT2D eigenvalue weighted by atomic mass is 27.0. The maximum absolute atomic E-state index is 11.8. The molecule has 1 aromatic rings. The summed E-state index contributed by atoms with van der Waals surface area (Å²) in [6.45, 7) is 0.272. The Balaban J connectivity index is 2.12. The summed E-state index contributed by atoms with van der Waals surface area (Å²) in [5.41, 5.74) is 1.09. The molecule has 1 saturated heterocycles. The molecule has 1 aromatic carbocycles. The molecular formula is C13H14AlNO3. The van der Waals surface area contributed by atoms with Crippen molar-refractivity contribution in [3.05, 3.63) is 46.9 Å². The van der Waals surface area contributed by atoms with Crippen LogP contribution in [0.3, 0.4) is 0 Å². The zero-order valence-corrected chi connectivity index (χ0v) is 12.2. The third-order valence-corrected chi connectivity index (χ3v) is 3.16. The van der Waals surface area contributed by atoms with Gasteiger partial charge in [0.05, 0.1) is 6.04 Å². The number of hydrogen-bond acceptors (Lipinski definition) is 3. The van der Waals surface area contributed by atoms with Crippen molar-refractivity contribution in [2.45, 2.75) is 12.5 Å². The van der Waals surface area contributed by atoms with Crippen LogP contribution in [0.4, 0.5) is 4.79 Å². The number of carbonyl (C=O) groups is 2. The van der Waals surface area contributed by atoms with E-state index >= 15 is 0 Å². The minimum absolute atomic E-state index is 0.203. The number of imide groups is 1. The molecule has 2 amide bonds. The predicted octanol–water partition coefficient (Wildman–Crippen LogP) is 0.723. The van der Waals surface area contributed by atoms with Crippen LogP contribution in [0.5, 0.6) is 0 Å². The van der Waals surface area contributed by atoms with Gasteiger partial charge in [-0.05, 0) is 18.1 Å². The molecule has 0 saturated carbocycles. The third kappa shape index (κ3) is 2.81. The van der Waals surface area contributed by atoms with Gasteiger partial charge in [-0.25, -0.2) is 9.69 Å². The van der Waals surface area contributed by atoms with Gasteiger partial charge in [0, 0.05) is 0 Å². The Labute approximate surface area is 114 Å². The lowest BCUT2D eigenvalue weighted by Crippen LogP contribution is -2.39. The van der Waals surface area contributed by atoms with Crippen LogP contribution in [0.2, 0.25) is 0 Å². The minimum atomic E-state index is -0.541. The summed E-state index contributed by atoms with van der Waals surface area (Å²) in [7, 11) is 0. The van der Waals surface area contributed by atoms with Crippen molar-refractivity contribution in [3.63, 3.8) is 0 Å². The number of carbonyl (C=O) groups excluding carboxylic acids is 2. The first-order chi connectivity index (χ1) is 8.72. The number of benzene rings is 1. The summed E-state index contributed by atoms with van der Waals surface area (Å²) < 4.78 is 4.96. The molecule has 18 heavy (non-hydrogen) atoms. The molecule has 0 radical (unpaired) electrons. The topological polar surface area (TPSA) is 46.6 Å². The smallest absolute Gasteiger partial charge is 0.417 e. The lowest BCUT2D eigenvalue weighted by Gasteiger charge is -2.17. The van der Waals surface area contributed by atoms with Crippen molar-refractivity contribution >= 4 is 28.3 Å². The fourth-order valence-electron chi connectivity index (χ4n) is 1.99. The van der Waals surface area contributed by atoms with Gasteiger partial charge in [-0.2, -0.15) is 0 Å². The van der Waals surface area contributed by atoms with E-state index in [4.69, 9.17) is 4.74 Å². The zero-order chi connectivity index (χ0) is 13.0. The molecule has 5 heteroatoms. The molecular weight excluding hydrogens is 245 g/mol. The molecule has 0 spiro atoms. The van der Waals surface area contributed by atoms with Crippen molar-refractivity contribution < 1.29 is 14.3 Å². The average molecular weight is 259 g/mol. The molecule has 4 nitrogen and oxygen atoms in total. The standard InChI is InChI=1S/C13H12NO3.Al.2H/c1-2-12(15)14-11(9-17-13(14)16)8-10-6-4-3-5-7-10;;;/h1-7,11H,8-9H2;;;/t11-;;;/m0.../s1. The maximum atomic E-state index is 11.8. The average Bonchev–Trinajstić information content (AvgIpc) is 2.72. The summed E-state index contributed by atoms with van der Waals surface area (Å²) in [5.74, 6) is -0.284. The van der Waals surface area contributed by atoms with Gasteiger partial charge >= 0.3 is 6.09 Å². The molecule has 92 valence electrons. The first-order valence-electron chi connectivity index (χ1n) is 5.89. The number of nitrogens with zero attached hydrogens (tertiary/aromatic N) is 1. The van der Waals surface area contributed by atoms with Gasteiger partial charge in [0.1, 0.15) is 6.61 Å². The van der Waals surface area contributed by atoms with Crippen LogP contribution in [0.1, 0.15) is 5.56 Å². The van der Waals surface area contributed by atoms with E-state index in [9.17, 15) is 9.59 Å². The molecule has 0 bridgehead atoms. The van der Waals surface area contributed by atoms with Crippen molar-refractivity contribution in [3.8, 4) is 0 Å². The van der Waals surface area contributed by atoms with Crippen molar-refractivity contribution in [2.75, 3.05) is 6.61 Å². The number of ether oxygens (including phenoxy) is 1. The van der Waals surface area contributed by atoms with Gasteiger partial charge in [0.25, 0.3) is 5.91 Å². The van der Waals surface area contributed by atoms with Crippen molar-refractivity contribution in [2.24, 2.45) is 0 Å². The lowest BCUT2D eigenvalue weighted by molar-refractivity contribution is -0.124. The molecule has 1 aliphatic rings. The van der Waals surface area contributed by atoms with E-state index in [0.717, 1.165) is 21.9 Å². The molecule has 0 N–H and O–H groups in total. The summed E-state index contributed by atoms with van der Waals surface area (Å²) in [6.07, 6.45) is 1.53. The highest BCUT2D eigenvalue weighted by Gasteiger charge is 2.36. The Morgan fingerprint density at radius 2 is 2.17 bits per heavy atom. The van der Waals surface area contributed by atoms with Gasteiger partial charge in [0.2, 0.25) is 16.3 Å². The number of hydrogen-bond donors (Lipinski definition) is 0. The van der Waals surface area contributed by atoms with Gasteiger partial charge in [-0.15, -0.1) is 4.94 Å². The third-order valence-electron chi connectivity index (χ3n) is 2.82. The second kappa shape index (κ2) is 5.85. The maximum Gasteiger partial charge on any atom is 0.417 e. The van der Waals surface area contributed by atoms with Crippen molar-refractivity contribution in [1.29, 1.82) is 0 Å². The van der Waals surface area contributed by atoms with Crippen LogP contribution in [-0.4, -0.2) is 45.8 Å². The quantitative estimate of drug-likeness (QED) is 0.593. The van der Waals surface area contributed by atoms with Gasteiger partial charge in [-0.3, -0.25) is 4.79 Å². The molecule has 2 rings (SSSR count). The SMILES string of the molecule is O=C(/C=[CH]/[AlH2])N1C(=O)OC[C@@H]1Cc1ccccc1. The first kappa shape index (κ1) is 12.9. The van der Waals surface area contributed by atoms with E-state index in [1.807, 2.05) is 30.3 Å². The molecule has 1 atom stereocenters. The van der Waals surface area contributed by atoms with Gasteiger partial charge < -0.3 is 4.74 Å². The Bertz CT molecular complexity index is 472. The van der Waals surface area contributed by atoms with E-state index in [2.05, 4.69) is 0 Å². The Morgan fingerprint density at radius 1 is 1.44 bits per heavy atom. The summed E-state index contributed by atoms with van der Waals surface area (Å²) in [5, 5.41) is 0. The minimum Gasteiger partial charge on any atom is -0.447 e. The Hall–Kier alpha value is -1.57. The molecule has 1 aliphatic heterocycles. The highest BCUT2D eigenvalue weighted by molar-refractivity contribution is 6.19. The molecule has 0 unspecified atom stereocenters. The Kier molecular flexibility index (Phi) is 4.19. The van der Waals surface area contributed by atoms with Crippen LogP contribution < -0.4 is 0 Å². The number of amides is 2. The summed E-state index contributed by atoms with van der Waals surface area (Å²) in [4.78, 5) is 26.3. The van der Waals surface area contributed by atoms with Crippen LogP contribution in [0.15, 0.2) is 41.3 Å². The fraction of sp³-hybridized carbons (Fsp3) is 0.231. The van der Waals surface area contributed by atoms with Crippen molar-refractivity contribution in [1.82, 2.24) is 4.90 Å². The van der Waals surface area contributed by atoms with Gasteiger partial charge in [0.15, 0.2) is 0 Å². The van der Waals surface area contributed by atoms with Crippen LogP contribution >= 0.6 is 0 Å². The second-order valence-corrected chi connectivity index (χ2v) is 4.80. The number of rotatable bonds is 3. The monoisotopic (exact) mass is 259 g/mol. The molecule has 1 heterocycles. The summed E-state index contributed by atoms with van der Waals surface area (Å²) in [6, 6.07) is 9.58. The van der Waals surface area contributed by atoms with E-state index in [1.54, 1.807) is 4.94 Å². The predicted molar refractivity (Wildman–Crippen MR) is 69.8 cm³/mol. The molecule has 0 aliphatic carbocycles. The van der Waals surface area contributed by atoms with E-state index in [-0.39, 0.29) is 18.6 Å². The van der Waals surface area contributed by atoms with E-state index < -0.39 is 6.09 Å². The summed E-state index contributed by atoms with van der Waals surface area (Å²) >= 11 is 0.792. The lowest BCUT2D eigenvalue weighted by atomic mass is 10.1.